The number of fused-ring (bicyclic) bond motifs is 1. The fraction of sp³-hybridized carbons (Fsp3) is 0.294. The van der Waals surface area contributed by atoms with Gasteiger partial charge in [-0.2, -0.15) is 0 Å². The summed E-state index contributed by atoms with van der Waals surface area (Å²) in [7, 11) is 0. The normalized spacial score (nSPS) is 14.9. The van der Waals surface area contributed by atoms with Crippen molar-refractivity contribution >= 4 is 16.9 Å². The molecule has 3 aromatic heterocycles. The maximum atomic E-state index is 12.6. The lowest BCUT2D eigenvalue weighted by Gasteiger charge is -2.26. The van der Waals surface area contributed by atoms with Crippen LogP contribution < -0.4 is 10.5 Å². The fourth-order valence-electron chi connectivity index (χ4n) is 2.79. The Bertz CT molecular complexity index is 904. The minimum absolute atomic E-state index is 0.0927. The molecule has 0 unspecified atom stereocenters. The predicted octanol–water partition coefficient (Wildman–Crippen LogP) is 1.07. The molecule has 24 heavy (non-hydrogen) atoms. The van der Waals surface area contributed by atoms with Gasteiger partial charge in [0.2, 0.25) is 5.95 Å². The summed E-state index contributed by atoms with van der Waals surface area (Å²) >= 11 is 0. The predicted molar refractivity (Wildman–Crippen MR) is 90.2 cm³/mol. The topological polar surface area (TPSA) is 73.1 Å². The van der Waals surface area contributed by atoms with Gasteiger partial charge in [-0.25, -0.2) is 9.97 Å². The van der Waals surface area contributed by atoms with E-state index in [4.69, 9.17) is 4.74 Å². The Morgan fingerprint density at radius 1 is 1.17 bits per heavy atom. The van der Waals surface area contributed by atoms with Gasteiger partial charge in [0.15, 0.2) is 0 Å². The molecule has 7 heteroatoms. The summed E-state index contributed by atoms with van der Waals surface area (Å²) in [6.45, 7) is 3.36. The molecule has 0 amide bonds. The van der Waals surface area contributed by atoms with Crippen LogP contribution in [0.4, 0.5) is 5.95 Å². The maximum absolute atomic E-state index is 12.6. The van der Waals surface area contributed by atoms with Gasteiger partial charge in [-0.1, -0.05) is 6.07 Å². The molecule has 122 valence electrons. The number of pyridine rings is 2. The number of morpholine rings is 1. The Morgan fingerprint density at radius 2 is 2.04 bits per heavy atom. The first-order chi connectivity index (χ1) is 11.8. The van der Waals surface area contributed by atoms with Crippen LogP contribution in [-0.2, 0) is 11.3 Å². The van der Waals surface area contributed by atoms with Gasteiger partial charge < -0.3 is 14.2 Å². The van der Waals surface area contributed by atoms with Crippen LogP contribution in [0.3, 0.4) is 0 Å². The number of rotatable bonds is 3. The largest absolute Gasteiger partial charge is 0.378 e. The van der Waals surface area contributed by atoms with E-state index in [-0.39, 0.29) is 5.56 Å². The van der Waals surface area contributed by atoms with Crippen LogP contribution in [0.5, 0.6) is 0 Å². The van der Waals surface area contributed by atoms with Crippen LogP contribution in [0.2, 0.25) is 0 Å². The van der Waals surface area contributed by atoms with Crippen molar-refractivity contribution in [3.05, 3.63) is 58.9 Å². The molecule has 0 bridgehead atoms. The van der Waals surface area contributed by atoms with Crippen LogP contribution in [0.25, 0.3) is 10.9 Å². The third-order valence-corrected chi connectivity index (χ3v) is 4.08. The molecule has 0 radical (unpaired) electrons. The van der Waals surface area contributed by atoms with E-state index in [2.05, 4.69) is 19.9 Å². The molecule has 7 nitrogen and oxygen atoms in total. The first-order valence-electron chi connectivity index (χ1n) is 7.89. The Hall–Kier alpha value is -2.80. The SMILES string of the molecule is O=c1c2cnc(N3CCOCC3)nc2ccn1Cc1cccnc1. The van der Waals surface area contributed by atoms with E-state index in [0.717, 1.165) is 18.7 Å². The lowest BCUT2D eigenvalue weighted by molar-refractivity contribution is 0.122. The number of nitrogens with zero attached hydrogens (tertiary/aromatic N) is 5. The van der Waals surface area contributed by atoms with E-state index in [9.17, 15) is 4.79 Å². The summed E-state index contributed by atoms with van der Waals surface area (Å²) in [5, 5.41) is 0.526. The molecule has 1 fully saturated rings. The molecule has 0 saturated carbocycles. The highest BCUT2D eigenvalue weighted by Gasteiger charge is 2.15. The summed E-state index contributed by atoms with van der Waals surface area (Å²) < 4.78 is 6.99. The number of hydrogen-bond acceptors (Lipinski definition) is 6. The highest BCUT2D eigenvalue weighted by Crippen LogP contribution is 2.14. The summed E-state index contributed by atoms with van der Waals surface area (Å²) in [6, 6.07) is 5.67. The standard InChI is InChI=1S/C17H17N5O2/c23-16-14-11-19-17(21-6-8-24-9-7-21)20-15(14)3-5-22(16)12-13-2-1-4-18-10-13/h1-5,10-11H,6-9,12H2. The second kappa shape index (κ2) is 6.37. The molecule has 0 aliphatic carbocycles. The van der Waals surface area contributed by atoms with E-state index >= 15 is 0 Å². The summed E-state index contributed by atoms with van der Waals surface area (Å²) in [5.41, 5.74) is 1.55. The second-order valence-electron chi connectivity index (χ2n) is 5.68. The van der Waals surface area contributed by atoms with Crippen molar-refractivity contribution in [3.63, 3.8) is 0 Å². The highest BCUT2D eigenvalue weighted by atomic mass is 16.5. The molecule has 0 spiro atoms. The molecule has 3 aromatic rings. The van der Waals surface area contributed by atoms with Crippen LogP contribution in [0.15, 0.2) is 47.8 Å². The highest BCUT2D eigenvalue weighted by molar-refractivity contribution is 5.77. The van der Waals surface area contributed by atoms with Crippen molar-refractivity contribution in [2.75, 3.05) is 31.2 Å². The van der Waals surface area contributed by atoms with Crippen molar-refractivity contribution in [2.24, 2.45) is 0 Å². The summed E-state index contributed by atoms with van der Waals surface area (Å²) in [5.74, 6) is 0.648. The van der Waals surface area contributed by atoms with Crippen LogP contribution >= 0.6 is 0 Å². The Kier molecular flexibility index (Phi) is 3.92. The van der Waals surface area contributed by atoms with Gasteiger partial charge in [0.25, 0.3) is 5.56 Å². The quantitative estimate of drug-likeness (QED) is 0.718. The number of hydrogen-bond donors (Lipinski definition) is 0. The van der Waals surface area contributed by atoms with Crippen molar-refractivity contribution < 1.29 is 4.74 Å². The van der Waals surface area contributed by atoms with Gasteiger partial charge in [0.05, 0.1) is 30.7 Å². The van der Waals surface area contributed by atoms with E-state index in [1.54, 1.807) is 29.4 Å². The summed E-state index contributed by atoms with van der Waals surface area (Å²) in [6.07, 6.45) is 6.87. The smallest absolute Gasteiger partial charge is 0.261 e. The van der Waals surface area contributed by atoms with Gasteiger partial charge in [-0.05, 0) is 17.7 Å². The van der Waals surface area contributed by atoms with E-state index < -0.39 is 0 Å². The third-order valence-electron chi connectivity index (χ3n) is 4.08. The third kappa shape index (κ3) is 2.85. The number of aromatic nitrogens is 4. The molecule has 0 atom stereocenters. The minimum atomic E-state index is -0.0927. The van der Waals surface area contributed by atoms with E-state index in [0.29, 0.717) is 36.6 Å². The van der Waals surface area contributed by atoms with E-state index in [1.807, 2.05) is 18.2 Å². The van der Waals surface area contributed by atoms with Gasteiger partial charge in [-0.15, -0.1) is 0 Å². The molecule has 1 aliphatic heterocycles. The lowest BCUT2D eigenvalue weighted by atomic mass is 10.2. The van der Waals surface area contributed by atoms with Gasteiger partial charge >= 0.3 is 0 Å². The van der Waals surface area contributed by atoms with E-state index in [1.165, 1.54) is 0 Å². The fourth-order valence-corrected chi connectivity index (χ4v) is 2.79. The molecule has 0 N–H and O–H groups in total. The molecule has 0 aromatic carbocycles. The Morgan fingerprint density at radius 3 is 2.83 bits per heavy atom. The first kappa shape index (κ1) is 14.8. The molecule has 4 rings (SSSR count). The molecule has 4 heterocycles. The van der Waals surface area contributed by atoms with Crippen molar-refractivity contribution in [2.45, 2.75) is 6.54 Å². The zero-order valence-corrected chi connectivity index (χ0v) is 13.1. The van der Waals surface area contributed by atoms with Crippen molar-refractivity contribution in [3.8, 4) is 0 Å². The zero-order chi connectivity index (χ0) is 16.4. The molecule has 1 aliphatic rings. The van der Waals surface area contributed by atoms with Crippen LogP contribution in [0, 0.1) is 0 Å². The van der Waals surface area contributed by atoms with Crippen LogP contribution in [0.1, 0.15) is 5.56 Å². The average molecular weight is 323 g/mol. The zero-order valence-electron chi connectivity index (χ0n) is 13.1. The average Bonchev–Trinajstić information content (AvgIpc) is 2.65. The van der Waals surface area contributed by atoms with Crippen molar-refractivity contribution in [1.82, 2.24) is 19.5 Å². The van der Waals surface area contributed by atoms with Crippen LogP contribution in [-0.4, -0.2) is 45.8 Å². The van der Waals surface area contributed by atoms with Crippen molar-refractivity contribution in [1.29, 1.82) is 0 Å². The molecular weight excluding hydrogens is 306 g/mol. The lowest BCUT2D eigenvalue weighted by Crippen LogP contribution is -2.37. The molecule has 1 saturated heterocycles. The molecular formula is C17H17N5O2. The van der Waals surface area contributed by atoms with Gasteiger partial charge in [0, 0.05) is 37.9 Å². The first-order valence-corrected chi connectivity index (χ1v) is 7.89. The Balaban J connectivity index is 1.68. The Labute approximate surface area is 138 Å². The number of ether oxygens (including phenoxy) is 1. The number of anilines is 1. The maximum Gasteiger partial charge on any atom is 0.261 e. The monoisotopic (exact) mass is 323 g/mol. The van der Waals surface area contributed by atoms with Gasteiger partial charge in [0.1, 0.15) is 0 Å². The minimum Gasteiger partial charge on any atom is -0.378 e. The van der Waals surface area contributed by atoms with Gasteiger partial charge in [-0.3, -0.25) is 9.78 Å². The second-order valence-corrected chi connectivity index (χ2v) is 5.68. The summed E-state index contributed by atoms with van der Waals surface area (Å²) in [4.78, 5) is 27.7.